The molecule has 0 aliphatic rings. The molecule has 0 atom stereocenters. The number of anilines is 1. The Hall–Kier alpha value is -1.88. The van der Waals surface area contributed by atoms with Gasteiger partial charge in [-0.25, -0.2) is 0 Å². The number of benzene rings is 1. The number of amides is 1. The molecular weight excluding hydrogens is 256 g/mol. The third-order valence-electron chi connectivity index (χ3n) is 2.86. The minimum Gasteiger partial charge on any atom is -0.481 e. The standard InChI is InChI=1S/C15H22N2O3/c1-15(2,9-14(19)20)8-13(18)17-12-6-4-5-11(7-12)10-16-3/h4-7,16H,8-10H2,1-3H3,(H,17,18)(H,19,20). The van der Waals surface area contributed by atoms with Gasteiger partial charge in [0, 0.05) is 18.7 Å². The summed E-state index contributed by atoms with van der Waals surface area (Å²) < 4.78 is 0. The van der Waals surface area contributed by atoms with Gasteiger partial charge in [-0.2, -0.15) is 0 Å². The molecule has 0 unspecified atom stereocenters. The van der Waals surface area contributed by atoms with E-state index in [0.717, 1.165) is 17.8 Å². The molecular formula is C15H22N2O3. The van der Waals surface area contributed by atoms with Gasteiger partial charge >= 0.3 is 5.97 Å². The number of nitrogens with one attached hydrogen (secondary N) is 2. The molecule has 0 saturated heterocycles. The van der Waals surface area contributed by atoms with Crippen LogP contribution >= 0.6 is 0 Å². The fraction of sp³-hybridized carbons (Fsp3) is 0.467. The van der Waals surface area contributed by atoms with Gasteiger partial charge in [-0.1, -0.05) is 26.0 Å². The van der Waals surface area contributed by atoms with Crippen LogP contribution in [0.1, 0.15) is 32.3 Å². The zero-order chi connectivity index (χ0) is 15.2. The molecule has 0 aromatic heterocycles. The van der Waals surface area contributed by atoms with Crippen LogP contribution in [0.5, 0.6) is 0 Å². The van der Waals surface area contributed by atoms with Crippen molar-refractivity contribution in [1.82, 2.24) is 5.32 Å². The molecule has 0 bridgehead atoms. The molecule has 20 heavy (non-hydrogen) atoms. The smallest absolute Gasteiger partial charge is 0.303 e. The number of carboxylic acids is 1. The largest absolute Gasteiger partial charge is 0.481 e. The van der Waals surface area contributed by atoms with E-state index in [0.29, 0.717) is 0 Å². The Kier molecular flexibility index (Phi) is 5.70. The maximum Gasteiger partial charge on any atom is 0.303 e. The van der Waals surface area contributed by atoms with Gasteiger partial charge in [-0.3, -0.25) is 9.59 Å². The molecule has 0 saturated carbocycles. The Bertz CT molecular complexity index is 484. The van der Waals surface area contributed by atoms with Crippen molar-refractivity contribution in [2.24, 2.45) is 5.41 Å². The van der Waals surface area contributed by atoms with Crippen LogP contribution in [-0.2, 0) is 16.1 Å². The monoisotopic (exact) mass is 278 g/mol. The van der Waals surface area contributed by atoms with Gasteiger partial charge in [-0.15, -0.1) is 0 Å². The molecule has 0 radical (unpaired) electrons. The minimum absolute atomic E-state index is 0.0276. The van der Waals surface area contributed by atoms with E-state index < -0.39 is 11.4 Å². The summed E-state index contributed by atoms with van der Waals surface area (Å²) in [6.45, 7) is 4.28. The van der Waals surface area contributed by atoms with E-state index >= 15 is 0 Å². The van der Waals surface area contributed by atoms with E-state index in [-0.39, 0.29) is 18.7 Å². The second-order valence-electron chi connectivity index (χ2n) is 5.69. The predicted molar refractivity (Wildman–Crippen MR) is 78.5 cm³/mol. The molecule has 0 heterocycles. The summed E-state index contributed by atoms with van der Waals surface area (Å²) in [5.74, 6) is -1.06. The second kappa shape index (κ2) is 7.05. The molecule has 1 amide bonds. The molecule has 0 aliphatic carbocycles. The van der Waals surface area contributed by atoms with Crippen molar-refractivity contribution in [2.75, 3.05) is 12.4 Å². The van der Waals surface area contributed by atoms with Crippen LogP contribution in [0.15, 0.2) is 24.3 Å². The lowest BCUT2D eigenvalue weighted by Gasteiger charge is -2.21. The summed E-state index contributed by atoms with van der Waals surface area (Å²) in [6.07, 6.45) is 0.149. The minimum atomic E-state index is -0.890. The molecule has 110 valence electrons. The highest BCUT2D eigenvalue weighted by Gasteiger charge is 2.25. The molecule has 5 heteroatoms. The highest BCUT2D eigenvalue weighted by atomic mass is 16.4. The Labute approximate surface area is 119 Å². The topological polar surface area (TPSA) is 78.4 Å². The number of carboxylic acid groups (broad SMARTS) is 1. The molecule has 1 aromatic rings. The predicted octanol–water partition coefficient (Wildman–Crippen LogP) is 2.24. The summed E-state index contributed by atoms with van der Waals surface area (Å²) in [6, 6.07) is 7.57. The van der Waals surface area contributed by atoms with Crippen molar-refractivity contribution < 1.29 is 14.7 Å². The van der Waals surface area contributed by atoms with Crippen molar-refractivity contribution in [1.29, 1.82) is 0 Å². The Morgan fingerprint density at radius 2 is 1.95 bits per heavy atom. The summed E-state index contributed by atoms with van der Waals surface area (Å²) in [5.41, 5.74) is 1.25. The van der Waals surface area contributed by atoms with Gasteiger partial charge in [0.05, 0.1) is 6.42 Å². The molecule has 0 spiro atoms. The van der Waals surface area contributed by atoms with Crippen LogP contribution < -0.4 is 10.6 Å². The SMILES string of the molecule is CNCc1cccc(NC(=O)CC(C)(C)CC(=O)O)c1. The first-order chi connectivity index (χ1) is 9.32. The first-order valence-electron chi connectivity index (χ1n) is 6.57. The first kappa shape index (κ1) is 16.2. The third-order valence-corrected chi connectivity index (χ3v) is 2.86. The van der Waals surface area contributed by atoms with Crippen LogP contribution in [0, 0.1) is 5.41 Å². The van der Waals surface area contributed by atoms with Crippen LogP contribution in [0.25, 0.3) is 0 Å². The molecule has 0 fully saturated rings. The van der Waals surface area contributed by atoms with Crippen LogP contribution in [0.4, 0.5) is 5.69 Å². The fourth-order valence-electron chi connectivity index (χ4n) is 2.07. The Morgan fingerprint density at radius 3 is 2.55 bits per heavy atom. The number of aliphatic carboxylic acids is 1. The average Bonchev–Trinajstić information content (AvgIpc) is 2.26. The highest BCUT2D eigenvalue weighted by molar-refractivity contribution is 5.91. The zero-order valence-electron chi connectivity index (χ0n) is 12.2. The second-order valence-corrected chi connectivity index (χ2v) is 5.69. The third kappa shape index (κ3) is 5.84. The van der Waals surface area contributed by atoms with Crippen LogP contribution in [0.3, 0.4) is 0 Å². The van der Waals surface area contributed by atoms with Gasteiger partial charge < -0.3 is 15.7 Å². The van der Waals surface area contributed by atoms with Gasteiger partial charge in [0.1, 0.15) is 0 Å². The first-order valence-corrected chi connectivity index (χ1v) is 6.57. The van der Waals surface area contributed by atoms with Crippen molar-refractivity contribution in [3.05, 3.63) is 29.8 Å². The number of hydrogen-bond acceptors (Lipinski definition) is 3. The normalized spacial score (nSPS) is 11.2. The van der Waals surface area contributed by atoms with E-state index in [1.165, 1.54) is 0 Å². The molecule has 0 aliphatic heterocycles. The lowest BCUT2D eigenvalue weighted by molar-refractivity contribution is -0.139. The van der Waals surface area contributed by atoms with Gasteiger partial charge in [0.2, 0.25) is 5.91 Å². The van der Waals surface area contributed by atoms with E-state index in [1.54, 1.807) is 13.8 Å². The Balaban J connectivity index is 2.62. The Morgan fingerprint density at radius 1 is 1.25 bits per heavy atom. The summed E-state index contributed by atoms with van der Waals surface area (Å²) in [7, 11) is 1.86. The quantitative estimate of drug-likeness (QED) is 0.714. The van der Waals surface area contributed by atoms with Crippen LogP contribution in [-0.4, -0.2) is 24.0 Å². The average molecular weight is 278 g/mol. The van der Waals surface area contributed by atoms with E-state index in [1.807, 2.05) is 31.3 Å². The van der Waals surface area contributed by atoms with Crippen molar-refractivity contribution in [3.8, 4) is 0 Å². The number of carbonyl (C=O) groups is 2. The number of rotatable bonds is 7. The molecule has 1 rings (SSSR count). The lowest BCUT2D eigenvalue weighted by Crippen LogP contribution is -2.24. The summed E-state index contributed by atoms with van der Waals surface area (Å²) in [4.78, 5) is 22.7. The summed E-state index contributed by atoms with van der Waals surface area (Å²) >= 11 is 0. The number of carbonyl (C=O) groups excluding carboxylic acids is 1. The number of hydrogen-bond donors (Lipinski definition) is 3. The summed E-state index contributed by atoms with van der Waals surface area (Å²) in [5, 5.41) is 14.7. The zero-order valence-corrected chi connectivity index (χ0v) is 12.2. The fourth-order valence-corrected chi connectivity index (χ4v) is 2.07. The van der Waals surface area contributed by atoms with E-state index in [2.05, 4.69) is 10.6 Å². The highest BCUT2D eigenvalue weighted by Crippen LogP contribution is 2.25. The van der Waals surface area contributed by atoms with E-state index in [4.69, 9.17) is 5.11 Å². The van der Waals surface area contributed by atoms with Crippen LogP contribution in [0.2, 0.25) is 0 Å². The lowest BCUT2D eigenvalue weighted by atomic mass is 9.85. The van der Waals surface area contributed by atoms with Crippen molar-refractivity contribution in [3.63, 3.8) is 0 Å². The van der Waals surface area contributed by atoms with Gasteiger partial charge in [0.15, 0.2) is 0 Å². The molecule has 3 N–H and O–H groups in total. The van der Waals surface area contributed by atoms with Crippen molar-refractivity contribution >= 4 is 17.6 Å². The van der Waals surface area contributed by atoms with Gasteiger partial charge in [0.25, 0.3) is 0 Å². The van der Waals surface area contributed by atoms with Crippen molar-refractivity contribution in [2.45, 2.75) is 33.2 Å². The van der Waals surface area contributed by atoms with E-state index in [9.17, 15) is 9.59 Å². The van der Waals surface area contributed by atoms with Gasteiger partial charge in [-0.05, 0) is 30.2 Å². The molecule has 5 nitrogen and oxygen atoms in total. The molecule has 1 aromatic carbocycles. The maximum atomic E-state index is 12.0. The maximum absolute atomic E-state index is 12.0.